The molecule has 0 aromatic heterocycles. The summed E-state index contributed by atoms with van der Waals surface area (Å²) in [5.41, 5.74) is 1.31. The average Bonchev–Trinajstić information content (AvgIpc) is 2.98. The zero-order valence-electron chi connectivity index (χ0n) is 9.62. The summed E-state index contributed by atoms with van der Waals surface area (Å²) >= 11 is 0. The van der Waals surface area contributed by atoms with E-state index in [1.165, 1.54) is 12.8 Å². The first-order valence-corrected chi connectivity index (χ1v) is 5.74. The Hall–Kier alpha value is -1.35. The number of anilines is 1. The second kappa shape index (κ2) is 4.66. The molecule has 0 bridgehead atoms. The maximum absolute atomic E-state index is 11.5. The van der Waals surface area contributed by atoms with E-state index in [-0.39, 0.29) is 5.91 Å². The highest BCUT2D eigenvalue weighted by Crippen LogP contribution is 2.43. The molecule has 1 aromatic rings. The first kappa shape index (κ1) is 11.1. The van der Waals surface area contributed by atoms with Crippen molar-refractivity contribution in [3.63, 3.8) is 0 Å². The molecule has 1 amide bonds. The lowest BCUT2D eigenvalue weighted by Gasteiger charge is -2.10. The van der Waals surface area contributed by atoms with Crippen molar-refractivity contribution in [2.45, 2.75) is 19.8 Å². The smallest absolute Gasteiger partial charge is 0.238 e. The van der Waals surface area contributed by atoms with Crippen molar-refractivity contribution in [1.82, 2.24) is 5.32 Å². The van der Waals surface area contributed by atoms with E-state index in [2.05, 4.69) is 17.6 Å². The molecule has 3 heteroatoms. The fraction of sp³-hybridized carbons (Fsp3) is 0.462. The number of hydrogen-bond acceptors (Lipinski definition) is 2. The van der Waals surface area contributed by atoms with E-state index in [0.29, 0.717) is 12.0 Å². The van der Waals surface area contributed by atoms with Crippen LogP contribution in [0.5, 0.6) is 0 Å². The van der Waals surface area contributed by atoms with Crippen LogP contribution in [-0.4, -0.2) is 19.0 Å². The van der Waals surface area contributed by atoms with E-state index < -0.39 is 0 Å². The van der Waals surface area contributed by atoms with Crippen LogP contribution in [0.15, 0.2) is 30.3 Å². The van der Waals surface area contributed by atoms with Crippen LogP contribution in [0, 0.1) is 5.41 Å². The van der Waals surface area contributed by atoms with Gasteiger partial charge >= 0.3 is 0 Å². The second-order valence-electron chi connectivity index (χ2n) is 4.83. The molecule has 3 nitrogen and oxygen atoms in total. The summed E-state index contributed by atoms with van der Waals surface area (Å²) in [6, 6.07) is 9.53. The number of para-hydroxylation sites is 1. The summed E-state index contributed by atoms with van der Waals surface area (Å²) in [7, 11) is 0. The van der Waals surface area contributed by atoms with Gasteiger partial charge in [-0.25, -0.2) is 0 Å². The molecule has 0 atom stereocenters. The minimum Gasteiger partial charge on any atom is -0.325 e. The lowest BCUT2D eigenvalue weighted by Crippen LogP contribution is -2.31. The van der Waals surface area contributed by atoms with Crippen LogP contribution in [0.4, 0.5) is 5.69 Å². The zero-order chi connectivity index (χ0) is 11.4. The third kappa shape index (κ3) is 3.35. The Morgan fingerprint density at radius 3 is 2.62 bits per heavy atom. The molecule has 0 radical (unpaired) electrons. The Bertz CT molecular complexity index is 357. The van der Waals surface area contributed by atoms with Crippen molar-refractivity contribution in [3.05, 3.63) is 30.3 Å². The van der Waals surface area contributed by atoms with Gasteiger partial charge in [-0.2, -0.15) is 0 Å². The Labute approximate surface area is 96.2 Å². The van der Waals surface area contributed by atoms with E-state index in [4.69, 9.17) is 0 Å². The van der Waals surface area contributed by atoms with Crippen molar-refractivity contribution < 1.29 is 4.79 Å². The summed E-state index contributed by atoms with van der Waals surface area (Å²) in [5, 5.41) is 6.04. The van der Waals surface area contributed by atoms with E-state index in [0.717, 1.165) is 12.2 Å². The molecule has 0 aliphatic heterocycles. The van der Waals surface area contributed by atoms with Crippen molar-refractivity contribution in [2.24, 2.45) is 5.41 Å². The number of benzene rings is 1. The van der Waals surface area contributed by atoms with Gasteiger partial charge in [0.1, 0.15) is 0 Å². The first-order chi connectivity index (χ1) is 7.68. The quantitative estimate of drug-likeness (QED) is 0.793. The molecule has 2 rings (SSSR count). The maximum atomic E-state index is 11.5. The number of rotatable bonds is 5. The van der Waals surface area contributed by atoms with Crippen LogP contribution < -0.4 is 10.6 Å². The van der Waals surface area contributed by atoms with Gasteiger partial charge in [0.15, 0.2) is 0 Å². The van der Waals surface area contributed by atoms with Crippen LogP contribution in [0.1, 0.15) is 19.8 Å². The molecule has 0 heterocycles. The molecular formula is C13H18N2O. The van der Waals surface area contributed by atoms with Crippen molar-refractivity contribution in [1.29, 1.82) is 0 Å². The lowest BCUT2D eigenvalue weighted by atomic mass is 10.1. The fourth-order valence-corrected chi connectivity index (χ4v) is 1.59. The molecule has 2 N–H and O–H groups in total. The third-order valence-corrected chi connectivity index (χ3v) is 3.00. The highest BCUT2D eigenvalue weighted by molar-refractivity contribution is 5.92. The zero-order valence-corrected chi connectivity index (χ0v) is 9.62. The largest absolute Gasteiger partial charge is 0.325 e. The normalized spacial score (nSPS) is 16.8. The molecule has 1 aromatic carbocycles. The lowest BCUT2D eigenvalue weighted by molar-refractivity contribution is -0.115. The highest BCUT2D eigenvalue weighted by Gasteiger charge is 2.36. The van der Waals surface area contributed by atoms with Gasteiger partial charge in [-0.1, -0.05) is 25.1 Å². The molecule has 1 aliphatic rings. The second-order valence-corrected chi connectivity index (χ2v) is 4.83. The van der Waals surface area contributed by atoms with Crippen LogP contribution in [0.25, 0.3) is 0 Å². The van der Waals surface area contributed by atoms with Gasteiger partial charge in [-0.15, -0.1) is 0 Å². The SMILES string of the molecule is CC1(CNCC(=O)Nc2ccccc2)CC1. The van der Waals surface area contributed by atoms with Crippen molar-refractivity contribution in [2.75, 3.05) is 18.4 Å². The Kier molecular flexibility index (Phi) is 3.25. The van der Waals surface area contributed by atoms with E-state index in [1.807, 2.05) is 30.3 Å². The fourth-order valence-electron chi connectivity index (χ4n) is 1.59. The van der Waals surface area contributed by atoms with Gasteiger partial charge in [-0.3, -0.25) is 4.79 Å². The number of carbonyl (C=O) groups excluding carboxylic acids is 1. The molecular weight excluding hydrogens is 200 g/mol. The summed E-state index contributed by atoms with van der Waals surface area (Å²) in [4.78, 5) is 11.5. The van der Waals surface area contributed by atoms with E-state index in [9.17, 15) is 4.79 Å². The summed E-state index contributed by atoms with van der Waals surface area (Å²) in [6.45, 7) is 3.58. The first-order valence-electron chi connectivity index (χ1n) is 5.74. The van der Waals surface area contributed by atoms with Gasteiger partial charge in [0.2, 0.25) is 5.91 Å². The van der Waals surface area contributed by atoms with Crippen molar-refractivity contribution >= 4 is 11.6 Å². The molecule has 0 unspecified atom stereocenters. The average molecular weight is 218 g/mol. The topological polar surface area (TPSA) is 41.1 Å². The standard InChI is InChI=1S/C13H18N2O/c1-13(7-8-13)10-14-9-12(16)15-11-5-3-2-4-6-11/h2-6,14H,7-10H2,1H3,(H,15,16). The van der Waals surface area contributed by atoms with Gasteiger partial charge < -0.3 is 10.6 Å². The van der Waals surface area contributed by atoms with Crippen LogP contribution >= 0.6 is 0 Å². The molecule has 1 saturated carbocycles. The molecule has 1 aliphatic carbocycles. The molecule has 0 spiro atoms. The Morgan fingerprint density at radius 2 is 2.00 bits per heavy atom. The predicted octanol–water partition coefficient (Wildman–Crippen LogP) is 2.01. The maximum Gasteiger partial charge on any atom is 0.238 e. The molecule has 16 heavy (non-hydrogen) atoms. The number of nitrogens with one attached hydrogen (secondary N) is 2. The number of carbonyl (C=O) groups is 1. The molecule has 0 saturated heterocycles. The molecule has 1 fully saturated rings. The molecule has 86 valence electrons. The summed E-state index contributed by atoms with van der Waals surface area (Å²) in [5.74, 6) is 0.0236. The Balaban J connectivity index is 1.68. The number of amides is 1. The van der Waals surface area contributed by atoms with Crippen LogP contribution in [0.2, 0.25) is 0 Å². The summed E-state index contributed by atoms with van der Waals surface area (Å²) in [6.07, 6.45) is 2.56. The number of hydrogen-bond donors (Lipinski definition) is 2. The Morgan fingerprint density at radius 1 is 1.31 bits per heavy atom. The minimum atomic E-state index is 0.0236. The van der Waals surface area contributed by atoms with Gasteiger partial charge in [0.25, 0.3) is 0 Å². The van der Waals surface area contributed by atoms with E-state index >= 15 is 0 Å². The predicted molar refractivity (Wildman–Crippen MR) is 65.3 cm³/mol. The van der Waals surface area contributed by atoms with Gasteiger partial charge in [0.05, 0.1) is 6.54 Å². The van der Waals surface area contributed by atoms with E-state index in [1.54, 1.807) is 0 Å². The highest BCUT2D eigenvalue weighted by atomic mass is 16.1. The van der Waals surface area contributed by atoms with Gasteiger partial charge in [-0.05, 0) is 30.4 Å². The van der Waals surface area contributed by atoms with Gasteiger partial charge in [0, 0.05) is 12.2 Å². The van der Waals surface area contributed by atoms with Crippen LogP contribution in [0.3, 0.4) is 0 Å². The minimum absolute atomic E-state index is 0.0236. The summed E-state index contributed by atoms with van der Waals surface area (Å²) < 4.78 is 0. The monoisotopic (exact) mass is 218 g/mol. The third-order valence-electron chi connectivity index (χ3n) is 3.00. The van der Waals surface area contributed by atoms with Crippen molar-refractivity contribution in [3.8, 4) is 0 Å². The van der Waals surface area contributed by atoms with Crippen LogP contribution in [-0.2, 0) is 4.79 Å².